The highest BCUT2D eigenvalue weighted by atomic mass is 32.2. The average Bonchev–Trinajstić information content (AvgIpc) is 3.35. The largest absolute Gasteiger partial charge is 0.490 e. The van der Waals surface area contributed by atoms with Gasteiger partial charge >= 0.3 is 16.9 Å². The minimum absolute atomic E-state index is 0.0337. The molecule has 1 unspecified atom stereocenters. The molecule has 13 nitrogen and oxygen atoms in total. The van der Waals surface area contributed by atoms with Crippen LogP contribution in [0.1, 0.15) is 33.3 Å². The van der Waals surface area contributed by atoms with Crippen LogP contribution in [0.5, 0.6) is 11.6 Å². The Hall–Kier alpha value is -3.72. The molecule has 42 heavy (non-hydrogen) atoms. The van der Waals surface area contributed by atoms with E-state index in [-0.39, 0.29) is 35.1 Å². The molecule has 3 rings (SSSR count). The molecule has 1 N–H and O–H groups in total. The summed E-state index contributed by atoms with van der Waals surface area (Å²) in [4.78, 5) is 12.1. The Kier molecular flexibility index (Phi) is 12.5. The number of nitrogens with one attached hydrogen (secondary N) is 1. The molecular formula is C28H37N3O10S. The van der Waals surface area contributed by atoms with E-state index < -0.39 is 39.4 Å². The first-order chi connectivity index (χ1) is 20.1. The molecular weight excluding hydrogens is 570 g/mol. The summed E-state index contributed by atoms with van der Waals surface area (Å²) in [6.45, 7) is 8.87. The van der Waals surface area contributed by atoms with Crippen molar-refractivity contribution < 1.29 is 46.4 Å². The molecule has 0 amide bonds. The van der Waals surface area contributed by atoms with E-state index in [1.165, 1.54) is 24.3 Å². The van der Waals surface area contributed by atoms with Crippen molar-refractivity contribution in [2.24, 2.45) is 0 Å². The summed E-state index contributed by atoms with van der Waals surface area (Å²) in [6.07, 6.45) is -0.547. The Morgan fingerprint density at radius 3 is 2.40 bits per heavy atom. The van der Waals surface area contributed by atoms with Gasteiger partial charge in [-0.1, -0.05) is 44.2 Å². The number of sulfone groups is 1. The Labute approximate surface area is 245 Å². The molecule has 1 atom stereocenters. The van der Waals surface area contributed by atoms with Gasteiger partial charge in [-0.3, -0.25) is 4.63 Å². The number of hydrogen-bond donors (Lipinski definition) is 1. The molecule has 0 bridgehead atoms. The van der Waals surface area contributed by atoms with Crippen molar-refractivity contribution in [1.82, 2.24) is 10.5 Å². The number of hydrogen-bond acceptors (Lipinski definition) is 12. The van der Waals surface area contributed by atoms with Gasteiger partial charge in [-0.15, -0.1) is 0 Å². The van der Waals surface area contributed by atoms with E-state index in [9.17, 15) is 18.4 Å². The maximum absolute atomic E-state index is 12.9. The van der Waals surface area contributed by atoms with Crippen LogP contribution in [0.25, 0.3) is 0 Å². The highest BCUT2D eigenvalue weighted by molar-refractivity contribution is 7.91. The van der Waals surface area contributed by atoms with Crippen molar-refractivity contribution >= 4 is 15.8 Å². The van der Waals surface area contributed by atoms with Crippen LogP contribution in [-0.2, 0) is 35.4 Å². The van der Waals surface area contributed by atoms with Crippen LogP contribution in [0, 0.1) is 5.21 Å². The van der Waals surface area contributed by atoms with Gasteiger partial charge in [0.25, 0.3) is 9.84 Å². The van der Waals surface area contributed by atoms with Crippen LogP contribution in [0.2, 0.25) is 0 Å². The first kappa shape index (κ1) is 32.8. The van der Waals surface area contributed by atoms with Gasteiger partial charge < -0.3 is 34.2 Å². The van der Waals surface area contributed by atoms with Crippen LogP contribution >= 0.6 is 0 Å². The molecule has 0 saturated heterocycles. The Morgan fingerprint density at radius 2 is 1.74 bits per heavy atom. The van der Waals surface area contributed by atoms with Crippen LogP contribution in [-0.4, -0.2) is 70.8 Å². The van der Waals surface area contributed by atoms with Crippen LogP contribution in [0.3, 0.4) is 0 Å². The van der Waals surface area contributed by atoms with Crippen molar-refractivity contribution in [3.63, 3.8) is 0 Å². The minimum atomic E-state index is -4.33. The molecule has 0 aliphatic rings. The van der Waals surface area contributed by atoms with E-state index >= 15 is 0 Å². The fourth-order valence-corrected chi connectivity index (χ4v) is 4.79. The first-order valence-electron chi connectivity index (χ1n) is 13.4. The van der Waals surface area contributed by atoms with Gasteiger partial charge in [-0.25, -0.2) is 13.2 Å². The van der Waals surface area contributed by atoms with Crippen molar-refractivity contribution in [3.05, 3.63) is 65.4 Å². The number of esters is 1. The van der Waals surface area contributed by atoms with E-state index in [1.807, 2.05) is 39.8 Å². The molecule has 1 aromatic heterocycles. The van der Waals surface area contributed by atoms with E-state index in [1.54, 1.807) is 18.2 Å². The van der Waals surface area contributed by atoms with Crippen molar-refractivity contribution in [2.45, 2.75) is 62.5 Å². The van der Waals surface area contributed by atoms with Crippen LogP contribution < -0.4 is 19.7 Å². The summed E-state index contributed by atoms with van der Waals surface area (Å²) in [5, 5.41) is 17.7. The lowest BCUT2D eigenvalue weighted by Gasteiger charge is -2.20. The number of ether oxygens (including phenoxy) is 5. The Morgan fingerprint density at radius 1 is 1.02 bits per heavy atom. The summed E-state index contributed by atoms with van der Waals surface area (Å²) in [5.74, 6) is -0.913. The molecule has 0 aliphatic carbocycles. The summed E-state index contributed by atoms with van der Waals surface area (Å²) in [6, 6.07) is 14.7. The topological polar surface area (TPSA) is 162 Å². The predicted octanol–water partition coefficient (Wildman–Crippen LogP) is 2.45. The summed E-state index contributed by atoms with van der Waals surface area (Å²) in [5.41, 5.74) is 0.967. The number of aromatic nitrogens is 2. The third kappa shape index (κ3) is 10.3. The molecule has 0 spiro atoms. The van der Waals surface area contributed by atoms with Gasteiger partial charge in [0.1, 0.15) is 18.5 Å². The second-order valence-corrected chi connectivity index (χ2v) is 11.6. The number of carbonyl (C=O) groups excluding carboxylic acids is 1. The molecule has 0 radical (unpaired) electrons. The van der Waals surface area contributed by atoms with Crippen molar-refractivity contribution in [1.29, 1.82) is 0 Å². The van der Waals surface area contributed by atoms with Crippen LogP contribution in [0.4, 0.5) is 0 Å². The lowest BCUT2D eigenvalue weighted by Crippen LogP contribution is -2.39. The van der Waals surface area contributed by atoms with Gasteiger partial charge in [0.05, 0.1) is 36.0 Å². The molecule has 0 aliphatic heterocycles. The second kappa shape index (κ2) is 16.1. The number of carbonyl (C=O) groups is 1. The van der Waals surface area contributed by atoms with Crippen LogP contribution in [0.15, 0.2) is 69.1 Å². The molecule has 3 aromatic rings. The normalized spacial score (nSPS) is 12.4. The smallest absolute Gasteiger partial charge is 0.415 e. The molecule has 14 heteroatoms. The Balaban J connectivity index is 1.54. The van der Waals surface area contributed by atoms with Gasteiger partial charge in [-0.05, 0) is 48.6 Å². The van der Waals surface area contributed by atoms with Gasteiger partial charge in [0.2, 0.25) is 0 Å². The quantitative estimate of drug-likeness (QED) is 0.128. The highest BCUT2D eigenvalue weighted by Gasteiger charge is 2.36. The molecule has 0 saturated carbocycles. The van der Waals surface area contributed by atoms with Gasteiger partial charge in [0.15, 0.2) is 6.61 Å². The zero-order valence-corrected chi connectivity index (χ0v) is 24.9. The maximum atomic E-state index is 12.9. The summed E-state index contributed by atoms with van der Waals surface area (Å²) in [7, 11) is -4.33. The monoisotopic (exact) mass is 607 g/mol. The van der Waals surface area contributed by atoms with E-state index in [2.05, 4.69) is 15.1 Å². The van der Waals surface area contributed by atoms with Gasteiger partial charge in [-0.2, -0.15) is 0 Å². The van der Waals surface area contributed by atoms with E-state index in [4.69, 9.17) is 23.7 Å². The van der Waals surface area contributed by atoms with Crippen molar-refractivity contribution in [2.75, 3.05) is 33.0 Å². The second-order valence-electron chi connectivity index (χ2n) is 9.75. The third-order valence-electron chi connectivity index (χ3n) is 5.54. The highest BCUT2D eigenvalue weighted by Crippen LogP contribution is 2.25. The van der Waals surface area contributed by atoms with Crippen molar-refractivity contribution in [3.8, 4) is 11.6 Å². The molecule has 2 aromatic carbocycles. The summed E-state index contributed by atoms with van der Waals surface area (Å²) < 4.78 is 57.8. The SMILES string of the molecule is CC(C)NCC(COc1ccc(COCCOC(C)C)cc1)OC(=O)COc1no[n+]([O-])c1S(=O)(=O)c1ccccc1. The number of benzene rings is 2. The maximum Gasteiger partial charge on any atom is 0.415 e. The standard InChI is InChI=1S/C28H37N3O10S/c1-20(2)29-16-24(18-38-23-12-10-22(11-13-23)17-36-14-15-37-21(3)4)40-26(32)19-39-27-28(31(33)41-30-27)42(34,35)25-8-6-5-7-9-25/h5-13,20-21,24,29H,14-19H2,1-4H3. The minimum Gasteiger partial charge on any atom is -0.490 e. The zero-order valence-electron chi connectivity index (χ0n) is 24.1. The zero-order chi connectivity index (χ0) is 30.5. The van der Waals surface area contributed by atoms with E-state index in [0.29, 0.717) is 25.6 Å². The third-order valence-corrected chi connectivity index (χ3v) is 7.27. The first-order valence-corrected chi connectivity index (χ1v) is 14.9. The number of rotatable bonds is 18. The molecule has 0 fully saturated rings. The average molecular weight is 608 g/mol. The van der Waals surface area contributed by atoms with E-state index in [0.717, 1.165) is 5.56 Å². The molecule has 230 valence electrons. The van der Waals surface area contributed by atoms with Gasteiger partial charge in [0, 0.05) is 12.6 Å². The summed E-state index contributed by atoms with van der Waals surface area (Å²) >= 11 is 0. The fourth-order valence-electron chi connectivity index (χ4n) is 3.49. The predicted molar refractivity (Wildman–Crippen MR) is 149 cm³/mol. The fraction of sp³-hybridized carbons (Fsp3) is 0.464. The number of nitrogens with zero attached hydrogens (tertiary/aromatic N) is 2. The lowest BCUT2D eigenvalue weighted by molar-refractivity contribution is -0.832. The molecule has 1 heterocycles. The lowest BCUT2D eigenvalue weighted by atomic mass is 10.2. The Bertz CT molecular complexity index is 1350.